The molecule has 3 rings (SSSR count). The summed E-state index contributed by atoms with van der Waals surface area (Å²) >= 11 is 0. The molecule has 0 saturated carbocycles. The Morgan fingerprint density at radius 1 is 1.20 bits per heavy atom. The minimum absolute atomic E-state index is 0.130. The predicted molar refractivity (Wildman–Crippen MR) is 113 cm³/mol. The Hall–Kier alpha value is -2.82. The van der Waals surface area contributed by atoms with Crippen molar-refractivity contribution in [2.45, 2.75) is 20.3 Å². The van der Waals surface area contributed by atoms with Gasteiger partial charge in [-0.2, -0.15) is 0 Å². The molecule has 3 aromatic rings. The van der Waals surface area contributed by atoms with E-state index in [1.165, 1.54) is 0 Å². The van der Waals surface area contributed by atoms with Crippen molar-refractivity contribution in [3.63, 3.8) is 0 Å². The zero-order chi connectivity index (χ0) is 21.7. The number of aryl methyl sites for hydroxylation is 2. The third-order valence-corrected chi connectivity index (χ3v) is 5.26. The first-order valence-corrected chi connectivity index (χ1v) is 11.0. The Kier molecular flexibility index (Phi) is 6.80. The quantitative estimate of drug-likeness (QED) is 0.183. The molecule has 9 nitrogen and oxygen atoms in total. The van der Waals surface area contributed by atoms with Gasteiger partial charge in [-0.05, 0) is 56.2 Å². The summed E-state index contributed by atoms with van der Waals surface area (Å²) in [4.78, 5) is 5.32. The van der Waals surface area contributed by atoms with Crippen molar-refractivity contribution >= 4 is 38.8 Å². The monoisotopic (exact) mass is 431 g/mol. The van der Waals surface area contributed by atoms with Crippen molar-refractivity contribution < 1.29 is 21.7 Å². The van der Waals surface area contributed by atoms with Gasteiger partial charge in [0.15, 0.2) is 0 Å². The minimum atomic E-state index is -4.64. The number of H-pyrrole nitrogens is 1. The number of nitrogens with zero attached hydrogens (tertiary/aromatic N) is 4. The normalized spacial score (nSPS) is 12.1. The number of rotatable bonds is 9. The molecule has 0 amide bonds. The van der Waals surface area contributed by atoms with E-state index < -0.39 is 10.4 Å². The third-order valence-electron chi connectivity index (χ3n) is 4.81. The first-order valence-electron chi connectivity index (χ1n) is 9.63. The van der Waals surface area contributed by atoms with Crippen molar-refractivity contribution in [3.8, 4) is 0 Å². The van der Waals surface area contributed by atoms with Crippen LogP contribution in [-0.4, -0.2) is 37.7 Å². The van der Waals surface area contributed by atoms with Crippen LogP contribution in [0.25, 0.3) is 11.0 Å². The second-order valence-corrected chi connectivity index (χ2v) is 7.91. The molecular weight excluding hydrogens is 406 g/mol. The summed E-state index contributed by atoms with van der Waals surface area (Å²) in [7, 11) is -2.71. The summed E-state index contributed by atoms with van der Waals surface area (Å²) in [6, 6.07) is 13.8. The largest absolute Gasteiger partial charge is 0.726 e. The van der Waals surface area contributed by atoms with Crippen LogP contribution in [0.4, 0.5) is 17.3 Å². The number of azo groups is 1. The number of benzene rings is 2. The molecule has 10 heteroatoms. The first-order chi connectivity index (χ1) is 14.3. The first kappa shape index (κ1) is 21.9. The summed E-state index contributed by atoms with van der Waals surface area (Å²) in [5, 5.41) is 8.76. The van der Waals surface area contributed by atoms with Gasteiger partial charge in [0.1, 0.15) is 16.7 Å². The lowest BCUT2D eigenvalue weighted by Gasteiger charge is -2.23. The summed E-state index contributed by atoms with van der Waals surface area (Å²) in [6.45, 7) is 5.13. The van der Waals surface area contributed by atoms with Crippen LogP contribution in [-0.2, 0) is 21.6 Å². The van der Waals surface area contributed by atoms with Gasteiger partial charge in [-0.1, -0.05) is 17.2 Å². The second-order valence-electron chi connectivity index (χ2n) is 6.86. The van der Waals surface area contributed by atoms with Crippen LogP contribution >= 0.6 is 0 Å². The zero-order valence-electron chi connectivity index (χ0n) is 17.2. The molecular formula is C20H25N5O4S. The molecule has 0 atom stereocenters. The molecule has 0 spiro atoms. The molecule has 1 aromatic heterocycles. The maximum Gasteiger partial charge on any atom is 0.419 e. The second kappa shape index (κ2) is 9.33. The Bertz CT molecular complexity index is 1160. The maximum atomic E-state index is 10.5. The van der Waals surface area contributed by atoms with E-state index in [0.29, 0.717) is 18.9 Å². The number of imidazole rings is 1. The number of hydrogen-bond donors (Lipinski definition) is 1. The molecule has 0 radical (unpaired) electrons. The number of aromatic amines is 1. The van der Waals surface area contributed by atoms with E-state index in [1.54, 1.807) is 0 Å². The van der Waals surface area contributed by atoms with Crippen molar-refractivity contribution in [2.24, 2.45) is 17.3 Å². The highest BCUT2D eigenvalue weighted by molar-refractivity contribution is 7.80. The number of hydrogen-bond acceptors (Lipinski definition) is 7. The fraction of sp³-hybridized carbons (Fsp3) is 0.350. The molecule has 0 aliphatic heterocycles. The summed E-state index contributed by atoms with van der Waals surface area (Å²) in [5.74, 6) is 0.656. The number of para-hydroxylation sites is 2. The van der Waals surface area contributed by atoms with Crippen molar-refractivity contribution in [3.05, 3.63) is 48.0 Å². The molecule has 0 aliphatic carbocycles. The number of fused-ring (bicyclic) bond motifs is 1. The SMILES string of the molecule is CCN(CCCOS(=O)(=O)[O-])c1ccc(N=Nc2[nH]c3ccccc3[n+]2C)c(C)c1. The van der Waals surface area contributed by atoms with Gasteiger partial charge in [-0.25, -0.2) is 18.0 Å². The topological polar surface area (TPSA) is 114 Å². The molecule has 1 N–H and O–H groups in total. The van der Waals surface area contributed by atoms with Crippen molar-refractivity contribution in [1.82, 2.24) is 4.98 Å². The Morgan fingerprint density at radius 3 is 2.63 bits per heavy atom. The lowest BCUT2D eigenvalue weighted by Crippen LogP contribution is -2.26. The molecule has 2 aromatic carbocycles. The van der Waals surface area contributed by atoms with Crippen LogP contribution < -0.4 is 9.47 Å². The molecule has 0 saturated heterocycles. The van der Waals surface area contributed by atoms with E-state index >= 15 is 0 Å². The molecule has 0 fully saturated rings. The molecule has 0 aliphatic rings. The summed E-state index contributed by atoms with van der Waals surface area (Å²) in [5.41, 5.74) is 4.75. The fourth-order valence-electron chi connectivity index (χ4n) is 3.22. The van der Waals surface area contributed by atoms with Crippen LogP contribution in [0.1, 0.15) is 18.9 Å². The van der Waals surface area contributed by atoms with Crippen LogP contribution in [0.5, 0.6) is 0 Å². The third kappa shape index (κ3) is 5.41. The Morgan fingerprint density at radius 2 is 1.97 bits per heavy atom. The van der Waals surface area contributed by atoms with E-state index in [4.69, 9.17) is 0 Å². The Balaban J connectivity index is 1.70. The van der Waals surface area contributed by atoms with Gasteiger partial charge < -0.3 is 9.45 Å². The lowest BCUT2D eigenvalue weighted by molar-refractivity contribution is -0.631. The van der Waals surface area contributed by atoms with E-state index in [-0.39, 0.29) is 6.61 Å². The Labute approximate surface area is 176 Å². The minimum Gasteiger partial charge on any atom is -0.726 e. The van der Waals surface area contributed by atoms with Gasteiger partial charge in [-0.3, -0.25) is 4.18 Å². The fourth-order valence-corrected chi connectivity index (χ4v) is 3.54. The van der Waals surface area contributed by atoms with Crippen molar-refractivity contribution in [1.29, 1.82) is 0 Å². The molecule has 1 heterocycles. The van der Waals surface area contributed by atoms with E-state index in [2.05, 4.69) is 24.3 Å². The van der Waals surface area contributed by atoms with Crippen LogP contribution in [0.15, 0.2) is 52.7 Å². The highest BCUT2D eigenvalue weighted by Crippen LogP contribution is 2.26. The van der Waals surface area contributed by atoms with Gasteiger partial charge in [0.05, 0.1) is 13.7 Å². The van der Waals surface area contributed by atoms with E-state index in [9.17, 15) is 13.0 Å². The molecule has 160 valence electrons. The summed E-state index contributed by atoms with van der Waals surface area (Å²) < 4.78 is 37.8. The van der Waals surface area contributed by atoms with Gasteiger partial charge in [0.2, 0.25) is 10.4 Å². The number of nitrogens with one attached hydrogen (secondary N) is 1. The van der Waals surface area contributed by atoms with Crippen LogP contribution in [0, 0.1) is 6.92 Å². The van der Waals surface area contributed by atoms with Gasteiger partial charge >= 0.3 is 5.95 Å². The van der Waals surface area contributed by atoms with Crippen LogP contribution in [0.2, 0.25) is 0 Å². The zero-order valence-corrected chi connectivity index (χ0v) is 18.0. The van der Waals surface area contributed by atoms with E-state index in [1.807, 2.05) is 67.9 Å². The average molecular weight is 432 g/mol. The number of anilines is 1. The molecule has 0 bridgehead atoms. The van der Waals surface area contributed by atoms with Gasteiger partial charge in [-0.15, -0.1) is 0 Å². The predicted octanol–water partition coefficient (Wildman–Crippen LogP) is 3.41. The average Bonchev–Trinajstić information content (AvgIpc) is 3.02. The lowest BCUT2D eigenvalue weighted by atomic mass is 10.1. The van der Waals surface area contributed by atoms with E-state index in [0.717, 1.165) is 34.5 Å². The highest BCUT2D eigenvalue weighted by atomic mass is 32.3. The van der Waals surface area contributed by atoms with Gasteiger partial charge in [0, 0.05) is 23.9 Å². The summed E-state index contributed by atoms with van der Waals surface area (Å²) in [6.07, 6.45) is 0.423. The molecule has 30 heavy (non-hydrogen) atoms. The number of aromatic nitrogens is 2. The van der Waals surface area contributed by atoms with Gasteiger partial charge in [0.25, 0.3) is 0 Å². The maximum absolute atomic E-state index is 10.5. The standard InChI is InChI=1S/C20H25N5O4S/c1-4-25(12-7-13-29-30(26,27)28)16-10-11-17(15(2)14-16)22-23-20-21-18-8-5-6-9-19(18)24(20)3/h5-6,8-11,14H,4,7,12-13H2,1-3H3,(H,26,27,28). The highest BCUT2D eigenvalue weighted by Gasteiger charge is 2.14. The smallest absolute Gasteiger partial charge is 0.419 e. The molecule has 0 unspecified atom stereocenters. The van der Waals surface area contributed by atoms with Crippen LogP contribution in [0.3, 0.4) is 0 Å². The van der Waals surface area contributed by atoms with Crippen molar-refractivity contribution in [2.75, 3.05) is 24.6 Å².